The molecule has 6 nitrogen and oxygen atoms in total. The van der Waals surface area contributed by atoms with Gasteiger partial charge in [-0.2, -0.15) is 0 Å². The van der Waals surface area contributed by atoms with Crippen LogP contribution in [-0.2, 0) is 17.7 Å². The number of ether oxygens (including phenoxy) is 1. The SMILES string of the molecule is O=C(N[C@H]1CC[C@H](CCN2CCc3sc(C4=CCOCC4)nc3C2)CC1)c1cccc2ncccc12. The Labute approximate surface area is 216 Å². The number of aromatic nitrogens is 2. The molecule has 1 aliphatic carbocycles. The van der Waals surface area contributed by atoms with Crippen LogP contribution in [0.5, 0.6) is 0 Å². The van der Waals surface area contributed by atoms with Crippen molar-refractivity contribution in [2.45, 2.75) is 57.5 Å². The molecule has 36 heavy (non-hydrogen) atoms. The van der Waals surface area contributed by atoms with Crippen LogP contribution in [0.25, 0.3) is 16.5 Å². The Morgan fingerprint density at radius 2 is 2.06 bits per heavy atom. The number of carbonyl (C=O) groups is 1. The number of rotatable bonds is 6. The molecule has 0 unspecified atom stereocenters. The van der Waals surface area contributed by atoms with Crippen molar-refractivity contribution in [3.63, 3.8) is 0 Å². The zero-order valence-corrected chi connectivity index (χ0v) is 21.6. The predicted molar refractivity (Wildman–Crippen MR) is 144 cm³/mol. The smallest absolute Gasteiger partial charge is 0.252 e. The fourth-order valence-electron chi connectivity index (χ4n) is 5.83. The Morgan fingerprint density at radius 3 is 2.92 bits per heavy atom. The molecule has 1 N–H and O–H groups in total. The molecule has 2 aromatic heterocycles. The Kier molecular flexibility index (Phi) is 7.12. The number of fused-ring (bicyclic) bond motifs is 2. The number of nitrogens with zero attached hydrogens (tertiary/aromatic N) is 3. The van der Waals surface area contributed by atoms with Gasteiger partial charge in [-0.15, -0.1) is 11.3 Å². The van der Waals surface area contributed by atoms with Gasteiger partial charge in [0, 0.05) is 41.2 Å². The minimum absolute atomic E-state index is 0.0281. The van der Waals surface area contributed by atoms with E-state index in [-0.39, 0.29) is 11.9 Å². The summed E-state index contributed by atoms with van der Waals surface area (Å²) in [6.07, 6.45) is 11.8. The summed E-state index contributed by atoms with van der Waals surface area (Å²) in [5.74, 6) is 0.778. The van der Waals surface area contributed by atoms with Gasteiger partial charge in [-0.25, -0.2) is 4.98 Å². The van der Waals surface area contributed by atoms with E-state index >= 15 is 0 Å². The second-order valence-electron chi connectivity index (χ2n) is 10.3. The molecule has 4 heterocycles. The quantitative estimate of drug-likeness (QED) is 0.500. The normalized spacial score (nSPS) is 22.7. The Morgan fingerprint density at radius 1 is 1.14 bits per heavy atom. The maximum Gasteiger partial charge on any atom is 0.252 e. The number of hydrogen-bond donors (Lipinski definition) is 1. The van der Waals surface area contributed by atoms with Crippen LogP contribution in [0.1, 0.15) is 64.5 Å². The highest BCUT2D eigenvalue weighted by atomic mass is 32.1. The van der Waals surface area contributed by atoms with Crippen LogP contribution in [0, 0.1) is 5.92 Å². The first kappa shape index (κ1) is 23.8. The Balaban J connectivity index is 0.972. The molecule has 0 atom stereocenters. The summed E-state index contributed by atoms with van der Waals surface area (Å²) in [4.78, 5) is 26.4. The van der Waals surface area contributed by atoms with Crippen molar-refractivity contribution in [2.24, 2.45) is 5.92 Å². The fraction of sp³-hybridized carbons (Fsp3) is 0.483. The van der Waals surface area contributed by atoms with Crippen LogP contribution in [0.4, 0.5) is 0 Å². The number of thiazole rings is 1. The van der Waals surface area contributed by atoms with Crippen LogP contribution in [0.15, 0.2) is 42.6 Å². The average Bonchev–Trinajstić information content (AvgIpc) is 3.36. The standard InChI is InChI=1S/C29H34N4O2S/c34-28(24-3-1-5-25-23(24)4-2-14-30-25)31-22-8-6-20(7-9-22)10-15-33-16-11-27-26(19-33)32-29(36-27)21-12-17-35-18-13-21/h1-5,12,14,20,22H,6-11,13,15-19H2,(H,31,34)/t20-,22-. The Bertz CT molecular complexity index is 1260. The summed E-state index contributed by atoms with van der Waals surface area (Å²) in [7, 11) is 0. The van der Waals surface area contributed by atoms with E-state index in [0.717, 1.165) is 80.9 Å². The molecule has 1 amide bonds. The minimum atomic E-state index is 0.0281. The molecule has 3 aromatic rings. The zero-order chi connectivity index (χ0) is 24.3. The lowest BCUT2D eigenvalue weighted by atomic mass is 9.84. The van der Waals surface area contributed by atoms with Crippen LogP contribution < -0.4 is 5.32 Å². The van der Waals surface area contributed by atoms with E-state index in [0.29, 0.717) is 0 Å². The van der Waals surface area contributed by atoms with Gasteiger partial charge in [0.1, 0.15) is 5.01 Å². The third-order valence-electron chi connectivity index (χ3n) is 7.97. The minimum Gasteiger partial charge on any atom is -0.377 e. The maximum absolute atomic E-state index is 13.0. The first-order chi connectivity index (χ1) is 17.7. The summed E-state index contributed by atoms with van der Waals surface area (Å²) >= 11 is 1.89. The van der Waals surface area contributed by atoms with Crippen LogP contribution >= 0.6 is 11.3 Å². The molecule has 3 aliphatic rings. The van der Waals surface area contributed by atoms with Gasteiger partial charge in [0.05, 0.1) is 24.4 Å². The fourth-order valence-corrected chi connectivity index (χ4v) is 6.95. The molecule has 2 aliphatic heterocycles. The summed E-state index contributed by atoms with van der Waals surface area (Å²) in [5, 5.41) is 5.43. The van der Waals surface area contributed by atoms with Gasteiger partial charge >= 0.3 is 0 Å². The summed E-state index contributed by atoms with van der Waals surface area (Å²) < 4.78 is 5.46. The van der Waals surface area contributed by atoms with E-state index in [1.54, 1.807) is 6.20 Å². The molecule has 1 aromatic carbocycles. The monoisotopic (exact) mass is 502 g/mol. The van der Waals surface area contributed by atoms with Crippen LogP contribution in [0.3, 0.4) is 0 Å². The highest BCUT2D eigenvalue weighted by Gasteiger charge is 2.26. The lowest BCUT2D eigenvalue weighted by Crippen LogP contribution is -2.38. The zero-order valence-electron chi connectivity index (χ0n) is 20.7. The van der Waals surface area contributed by atoms with Crippen molar-refractivity contribution in [3.8, 4) is 0 Å². The molecule has 0 bridgehead atoms. The molecule has 0 saturated heterocycles. The predicted octanol–water partition coefficient (Wildman–Crippen LogP) is 5.23. The van der Waals surface area contributed by atoms with Crippen molar-refractivity contribution in [3.05, 3.63) is 63.7 Å². The molecule has 1 saturated carbocycles. The van der Waals surface area contributed by atoms with Crippen LogP contribution in [0.2, 0.25) is 0 Å². The van der Waals surface area contributed by atoms with E-state index in [4.69, 9.17) is 9.72 Å². The van der Waals surface area contributed by atoms with Gasteiger partial charge in [0.15, 0.2) is 0 Å². The molecule has 0 spiro atoms. The van der Waals surface area contributed by atoms with Crippen molar-refractivity contribution in [1.82, 2.24) is 20.2 Å². The van der Waals surface area contributed by atoms with Crippen LogP contribution in [-0.4, -0.2) is 53.1 Å². The molecule has 188 valence electrons. The number of nitrogens with one attached hydrogen (secondary N) is 1. The highest BCUT2D eigenvalue weighted by molar-refractivity contribution is 7.12. The summed E-state index contributed by atoms with van der Waals surface area (Å²) in [6.45, 7) is 4.81. The van der Waals surface area contributed by atoms with Gasteiger partial charge in [-0.1, -0.05) is 18.2 Å². The van der Waals surface area contributed by atoms with Gasteiger partial charge < -0.3 is 10.1 Å². The highest BCUT2D eigenvalue weighted by Crippen LogP contribution is 2.32. The summed E-state index contributed by atoms with van der Waals surface area (Å²) in [6, 6.07) is 9.92. The van der Waals surface area contributed by atoms with Crippen molar-refractivity contribution < 1.29 is 9.53 Å². The second-order valence-corrected chi connectivity index (χ2v) is 11.4. The van der Waals surface area contributed by atoms with E-state index in [2.05, 4.69) is 21.3 Å². The van der Waals surface area contributed by atoms with E-state index in [1.807, 2.05) is 41.7 Å². The van der Waals surface area contributed by atoms with Crippen molar-refractivity contribution in [1.29, 1.82) is 0 Å². The first-order valence-electron chi connectivity index (χ1n) is 13.4. The third-order valence-corrected chi connectivity index (χ3v) is 9.20. The largest absolute Gasteiger partial charge is 0.377 e. The lowest BCUT2D eigenvalue weighted by Gasteiger charge is -2.32. The molecule has 0 radical (unpaired) electrons. The Hall–Kier alpha value is -2.61. The second kappa shape index (κ2) is 10.8. The number of benzene rings is 1. The van der Waals surface area contributed by atoms with Gasteiger partial charge in [-0.3, -0.25) is 14.7 Å². The number of carbonyl (C=O) groups excluding carboxylic acids is 1. The average molecular weight is 503 g/mol. The van der Waals surface area contributed by atoms with E-state index < -0.39 is 0 Å². The third kappa shape index (κ3) is 5.24. The number of hydrogen-bond acceptors (Lipinski definition) is 6. The molecule has 6 rings (SSSR count). The number of pyridine rings is 1. The van der Waals surface area contributed by atoms with E-state index in [1.165, 1.54) is 40.4 Å². The maximum atomic E-state index is 13.0. The molecular weight excluding hydrogens is 468 g/mol. The molecule has 7 heteroatoms. The van der Waals surface area contributed by atoms with Gasteiger partial charge in [0.25, 0.3) is 5.91 Å². The van der Waals surface area contributed by atoms with Gasteiger partial charge in [0.2, 0.25) is 0 Å². The first-order valence-corrected chi connectivity index (χ1v) is 14.2. The summed E-state index contributed by atoms with van der Waals surface area (Å²) in [5.41, 5.74) is 4.26. The molecular formula is C29H34N4O2S. The van der Waals surface area contributed by atoms with Crippen molar-refractivity contribution >= 4 is 33.7 Å². The molecule has 1 fully saturated rings. The lowest BCUT2D eigenvalue weighted by molar-refractivity contribution is 0.0921. The number of amides is 1. The topological polar surface area (TPSA) is 67.4 Å². The van der Waals surface area contributed by atoms with Gasteiger partial charge in [-0.05, 0) is 81.2 Å². The van der Waals surface area contributed by atoms with Crippen molar-refractivity contribution in [2.75, 3.05) is 26.3 Å². The van der Waals surface area contributed by atoms with E-state index in [9.17, 15) is 4.79 Å².